The molecule has 84 valence electrons. The summed E-state index contributed by atoms with van der Waals surface area (Å²) in [6.07, 6.45) is 2.67. The maximum Gasteiger partial charge on any atom is 0.105 e. The Morgan fingerprint density at radius 2 is 1.29 bits per heavy atom. The third kappa shape index (κ3) is 3.67. The van der Waals surface area contributed by atoms with Gasteiger partial charge in [-0.05, 0) is 23.7 Å². The molecule has 0 spiro atoms. The van der Waals surface area contributed by atoms with Gasteiger partial charge < -0.3 is 0 Å². The summed E-state index contributed by atoms with van der Waals surface area (Å²) in [6, 6.07) is 0. The van der Waals surface area contributed by atoms with Crippen molar-refractivity contribution in [1.29, 1.82) is 0 Å². The summed E-state index contributed by atoms with van der Waals surface area (Å²) >= 11 is 0. The van der Waals surface area contributed by atoms with Gasteiger partial charge in [-0.2, -0.15) is 0 Å². The zero-order valence-electron chi connectivity index (χ0n) is 11.3. The van der Waals surface area contributed by atoms with Gasteiger partial charge in [-0.25, -0.2) is 0 Å². The molecular formula is C13H29B. The molecule has 0 bridgehead atoms. The lowest BCUT2D eigenvalue weighted by Gasteiger charge is -2.35. The molecule has 0 N–H and O–H groups in total. The Kier molecular flexibility index (Phi) is 6.56. The van der Waals surface area contributed by atoms with Crippen LogP contribution in [0.5, 0.6) is 0 Å². The maximum atomic E-state index is 2.46. The molecule has 0 aromatic rings. The summed E-state index contributed by atoms with van der Waals surface area (Å²) < 4.78 is 0. The van der Waals surface area contributed by atoms with Crippen LogP contribution in [-0.2, 0) is 0 Å². The van der Waals surface area contributed by atoms with Gasteiger partial charge in [-0.15, -0.1) is 0 Å². The van der Waals surface area contributed by atoms with Gasteiger partial charge in [-0.1, -0.05) is 60.2 Å². The van der Waals surface area contributed by atoms with Crippen molar-refractivity contribution in [2.45, 2.75) is 60.2 Å². The predicted octanol–water partition coefficient (Wildman–Crippen LogP) is 3.77. The Hall–Kier alpha value is 0.0649. The third-order valence-corrected chi connectivity index (χ3v) is 4.01. The normalized spacial score (nSPS) is 20.5. The van der Waals surface area contributed by atoms with E-state index < -0.39 is 0 Å². The molecule has 0 amide bonds. The van der Waals surface area contributed by atoms with E-state index in [0.717, 1.165) is 29.5 Å². The van der Waals surface area contributed by atoms with Gasteiger partial charge in [0.15, 0.2) is 0 Å². The monoisotopic (exact) mass is 196 g/mol. The predicted molar refractivity (Wildman–Crippen MR) is 69.5 cm³/mol. The van der Waals surface area contributed by atoms with Crippen molar-refractivity contribution >= 4 is 7.85 Å². The first-order valence-corrected chi connectivity index (χ1v) is 6.45. The number of hydrogen-bond acceptors (Lipinski definition) is 0. The number of hydrogen-bond donors (Lipinski definition) is 0. The smallest absolute Gasteiger partial charge is 0.0695 e. The van der Waals surface area contributed by atoms with Crippen LogP contribution in [0.25, 0.3) is 0 Å². The fourth-order valence-corrected chi connectivity index (χ4v) is 3.22. The average molecular weight is 196 g/mol. The van der Waals surface area contributed by atoms with Crippen LogP contribution in [0.1, 0.15) is 54.4 Å². The quantitative estimate of drug-likeness (QED) is 0.567. The first-order valence-electron chi connectivity index (χ1n) is 6.45. The molecule has 4 atom stereocenters. The summed E-state index contributed by atoms with van der Waals surface area (Å²) in [5, 5.41) is 0. The highest BCUT2D eigenvalue weighted by atomic mass is 14.3. The molecule has 0 aromatic carbocycles. The van der Waals surface area contributed by atoms with Gasteiger partial charge >= 0.3 is 0 Å². The van der Waals surface area contributed by atoms with E-state index in [0.29, 0.717) is 0 Å². The Morgan fingerprint density at radius 1 is 0.857 bits per heavy atom. The molecule has 0 radical (unpaired) electrons. The van der Waals surface area contributed by atoms with Crippen molar-refractivity contribution in [1.82, 2.24) is 0 Å². The second-order valence-corrected chi connectivity index (χ2v) is 5.49. The summed E-state index contributed by atoms with van der Waals surface area (Å²) in [4.78, 5) is 0. The molecule has 4 unspecified atom stereocenters. The lowest BCUT2D eigenvalue weighted by Crippen LogP contribution is -2.26. The molecule has 0 nitrogen and oxygen atoms in total. The fraction of sp³-hybridized carbons (Fsp3) is 1.00. The summed E-state index contributed by atoms with van der Waals surface area (Å²) in [5.41, 5.74) is 0. The minimum absolute atomic E-state index is 0.836. The van der Waals surface area contributed by atoms with E-state index in [4.69, 9.17) is 0 Å². The summed E-state index contributed by atoms with van der Waals surface area (Å²) in [6.45, 7) is 14.3. The molecule has 0 aliphatic carbocycles. The van der Waals surface area contributed by atoms with Crippen molar-refractivity contribution in [2.75, 3.05) is 0 Å². The van der Waals surface area contributed by atoms with E-state index in [1.165, 1.54) is 12.8 Å². The highest BCUT2D eigenvalue weighted by Gasteiger charge is 2.27. The van der Waals surface area contributed by atoms with E-state index in [1.54, 1.807) is 0 Å². The minimum Gasteiger partial charge on any atom is -0.0695 e. The van der Waals surface area contributed by atoms with Crippen LogP contribution in [0.15, 0.2) is 0 Å². The first-order chi connectivity index (χ1) is 6.45. The molecular weight excluding hydrogens is 167 g/mol. The molecule has 1 heteroatoms. The molecule has 0 fully saturated rings. The van der Waals surface area contributed by atoms with E-state index in [-0.39, 0.29) is 0 Å². The van der Waals surface area contributed by atoms with Gasteiger partial charge in [0.05, 0.1) is 0 Å². The van der Waals surface area contributed by atoms with Gasteiger partial charge in [-0.3, -0.25) is 0 Å². The van der Waals surface area contributed by atoms with Crippen molar-refractivity contribution in [2.24, 2.45) is 23.7 Å². The maximum absolute atomic E-state index is 2.46. The van der Waals surface area contributed by atoms with Gasteiger partial charge in [0.25, 0.3) is 0 Å². The van der Waals surface area contributed by atoms with Crippen molar-refractivity contribution in [3.8, 4) is 0 Å². The molecule has 0 aliphatic rings. The van der Waals surface area contributed by atoms with E-state index in [1.807, 2.05) is 0 Å². The minimum atomic E-state index is 0.836. The van der Waals surface area contributed by atoms with Crippen molar-refractivity contribution in [3.63, 3.8) is 0 Å². The van der Waals surface area contributed by atoms with Crippen LogP contribution < -0.4 is 0 Å². The van der Waals surface area contributed by atoms with Crippen LogP contribution in [0.2, 0.25) is 5.82 Å². The van der Waals surface area contributed by atoms with E-state index >= 15 is 0 Å². The highest BCUT2D eigenvalue weighted by molar-refractivity contribution is 6.11. The largest absolute Gasteiger partial charge is 0.105 e. The Balaban J connectivity index is 4.44. The van der Waals surface area contributed by atoms with Gasteiger partial charge in [0.2, 0.25) is 0 Å². The highest BCUT2D eigenvalue weighted by Crippen LogP contribution is 2.36. The zero-order chi connectivity index (χ0) is 11.3. The van der Waals surface area contributed by atoms with Crippen molar-refractivity contribution in [3.05, 3.63) is 0 Å². The topological polar surface area (TPSA) is 0 Å². The van der Waals surface area contributed by atoms with Crippen LogP contribution in [0, 0.1) is 23.7 Å². The fourth-order valence-electron chi connectivity index (χ4n) is 3.22. The summed E-state index contributed by atoms with van der Waals surface area (Å²) in [7, 11) is 2.37. The lowest BCUT2D eigenvalue weighted by molar-refractivity contribution is 0.180. The second-order valence-electron chi connectivity index (χ2n) is 5.49. The lowest BCUT2D eigenvalue weighted by atomic mass is 9.65. The molecule has 0 aromatic heterocycles. The Morgan fingerprint density at radius 3 is 1.50 bits per heavy atom. The molecule has 0 saturated carbocycles. The van der Waals surface area contributed by atoms with Crippen molar-refractivity contribution < 1.29 is 0 Å². The molecule has 0 heterocycles. The van der Waals surface area contributed by atoms with Gasteiger partial charge in [0.1, 0.15) is 7.85 Å². The Bertz CT molecular complexity index is 124. The van der Waals surface area contributed by atoms with Crippen LogP contribution in [0.3, 0.4) is 0 Å². The molecule has 0 rings (SSSR count). The molecule has 14 heavy (non-hydrogen) atoms. The van der Waals surface area contributed by atoms with Crippen LogP contribution in [0.4, 0.5) is 0 Å². The average Bonchev–Trinajstić information content (AvgIpc) is 2.04. The number of rotatable bonds is 6. The van der Waals surface area contributed by atoms with E-state index in [9.17, 15) is 0 Å². The zero-order valence-corrected chi connectivity index (χ0v) is 11.3. The van der Waals surface area contributed by atoms with Gasteiger partial charge in [0, 0.05) is 0 Å². The molecule has 0 aliphatic heterocycles. The SMILES string of the molecule is BC(C)C(CC)C(C)C(CC)C(C)C. The van der Waals surface area contributed by atoms with Crippen LogP contribution in [-0.4, -0.2) is 7.85 Å². The molecule has 0 saturated heterocycles. The second kappa shape index (κ2) is 6.53. The van der Waals surface area contributed by atoms with E-state index in [2.05, 4.69) is 49.4 Å². The first kappa shape index (κ1) is 14.1. The standard InChI is InChI=1S/C13H29B/c1-7-12(9(3)4)10(5)13(8-2)11(6)14/h9-13H,7-8,14H2,1-6H3. The third-order valence-electron chi connectivity index (χ3n) is 4.01. The Labute approximate surface area is 92.3 Å². The summed E-state index contributed by atoms with van der Waals surface area (Å²) in [5.74, 6) is 4.36. The van der Waals surface area contributed by atoms with Crippen LogP contribution >= 0.6 is 0 Å².